The number of fused-ring (bicyclic) bond motifs is 1. The standard InChI is InChI=1S/C18H18N4O2/c1-10-8-14(12(3)22(10)16-9-11(2)24-21-16)17-19-15-7-5-4-6-13(15)18(23)20-17/h4-9,17,19H,1-3H3,(H,20,23). The second-order valence-corrected chi connectivity index (χ2v) is 6.05. The van der Waals surface area contributed by atoms with Crippen LogP contribution in [0.5, 0.6) is 0 Å². The van der Waals surface area contributed by atoms with Gasteiger partial charge in [-0.3, -0.25) is 9.36 Å². The van der Waals surface area contributed by atoms with Gasteiger partial charge < -0.3 is 15.2 Å². The molecule has 0 aliphatic carbocycles. The van der Waals surface area contributed by atoms with Crippen molar-refractivity contribution in [2.24, 2.45) is 0 Å². The van der Waals surface area contributed by atoms with Gasteiger partial charge in [0.05, 0.1) is 5.56 Å². The third-order valence-corrected chi connectivity index (χ3v) is 4.37. The van der Waals surface area contributed by atoms with Crippen LogP contribution in [0, 0.1) is 20.8 Å². The monoisotopic (exact) mass is 322 g/mol. The summed E-state index contributed by atoms with van der Waals surface area (Å²) in [5.74, 6) is 1.43. The highest BCUT2D eigenvalue weighted by molar-refractivity contribution is 6.01. The predicted molar refractivity (Wildman–Crippen MR) is 90.3 cm³/mol. The van der Waals surface area contributed by atoms with Gasteiger partial charge in [0.1, 0.15) is 11.9 Å². The van der Waals surface area contributed by atoms with Crippen LogP contribution in [0.4, 0.5) is 5.69 Å². The van der Waals surface area contributed by atoms with Crippen molar-refractivity contribution in [2.75, 3.05) is 5.32 Å². The highest BCUT2D eigenvalue weighted by Gasteiger charge is 2.27. The Labute approximate surface area is 139 Å². The Balaban J connectivity index is 1.75. The van der Waals surface area contributed by atoms with Crippen molar-refractivity contribution in [1.29, 1.82) is 0 Å². The molecule has 4 rings (SSSR count). The summed E-state index contributed by atoms with van der Waals surface area (Å²) in [6.45, 7) is 5.89. The molecule has 0 saturated carbocycles. The van der Waals surface area contributed by atoms with Crippen LogP contribution in [-0.4, -0.2) is 15.6 Å². The minimum absolute atomic E-state index is 0.0727. The van der Waals surface area contributed by atoms with E-state index in [-0.39, 0.29) is 12.1 Å². The molecule has 1 aliphatic heterocycles. The number of hydrogen-bond donors (Lipinski definition) is 2. The van der Waals surface area contributed by atoms with Gasteiger partial charge >= 0.3 is 0 Å². The molecule has 2 N–H and O–H groups in total. The minimum atomic E-state index is -0.277. The predicted octanol–water partition coefficient (Wildman–Crippen LogP) is 3.24. The summed E-state index contributed by atoms with van der Waals surface area (Å²) in [4.78, 5) is 12.4. The number of rotatable bonds is 2. The molecular formula is C18H18N4O2. The summed E-state index contributed by atoms with van der Waals surface area (Å²) in [7, 11) is 0. The van der Waals surface area contributed by atoms with E-state index in [1.165, 1.54) is 0 Å². The van der Waals surface area contributed by atoms with Gasteiger partial charge in [-0.05, 0) is 39.0 Å². The van der Waals surface area contributed by atoms with E-state index in [1.54, 1.807) is 0 Å². The average molecular weight is 322 g/mol. The van der Waals surface area contributed by atoms with Gasteiger partial charge in [0.25, 0.3) is 5.91 Å². The Hall–Kier alpha value is -3.02. The lowest BCUT2D eigenvalue weighted by atomic mass is 10.1. The maximum Gasteiger partial charge on any atom is 0.255 e. The fraction of sp³-hybridized carbons (Fsp3) is 0.222. The van der Waals surface area contributed by atoms with Crippen LogP contribution in [-0.2, 0) is 0 Å². The average Bonchev–Trinajstić information content (AvgIpc) is 3.10. The molecule has 6 heteroatoms. The molecule has 3 aromatic rings. The van der Waals surface area contributed by atoms with E-state index in [0.717, 1.165) is 34.2 Å². The minimum Gasteiger partial charge on any atom is -0.361 e. The van der Waals surface area contributed by atoms with E-state index in [4.69, 9.17) is 4.52 Å². The third kappa shape index (κ3) is 2.19. The van der Waals surface area contributed by atoms with Crippen molar-refractivity contribution in [3.63, 3.8) is 0 Å². The fourth-order valence-corrected chi connectivity index (χ4v) is 3.25. The molecule has 0 saturated heterocycles. The smallest absolute Gasteiger partial charge is 0.255 e. The van der Waals surface area contributed by atoms with Crippen LogP contribution in [0.2, 0.25) is 0 Å². The molecule has 1 aliphatic rings. The first-order valence-electron chi connectivity index (χ1n) is 7.83. The highest BCUT2D eigenvalue weighted by atomic mass is 16.5. The zero-order chi connectivity index (χ0) is 16.8. The number of anilines is 1. The maximum atomic E-state index is 12.4. The number of hydrogen-bond acceptors (Lipinski definition) is 4. The van der Waals surface area contributed by atoms with Gasteiger partial charge in [-0.25, -0.2) is 0 Å². The largest absolute Gasteiger partial charge is 0.361 e. The summed E-state index contributed by atoms with van der Waals surface area (Å²) >= 11 is 0. The molecule has 0 fully saturated rings. The first-order chi connectivity index (χ1) is 11.5. The first kappa shape index (κ1) is 14.6. The van der Waals surface area contributed by atoms with Crippen LogP contribution in [0.25, 0.3) is 5.82 Å². The zero-order valence-corrected chi connectivity index (χ0v) is 13.8. The summed E-state index contributed by atoms with van der Waals surface area (Å²) in [5.41, 5.74) is 4.56. The molecule has 3 heterocycles. The SMILES string of the molecule is Cc1cc(-n2c(C)cc(C3NC(=O)c4ccccc4N3)c2C)no1. The normalized spacial score (nSPS) is 16.5. The molecular weight excluding hydrogens is 304 g/mol. The second kappa shape index (κ2) is 5.26. The van der Waals surface area contributed by atoms with E-state index >= 15 is 0 Å². The molecule has 6 nitrogen and oxygen atoms in total. The molecule has 0 bridgehead atoms. The highest BCUT2D eigenvalue weighted by Crippen LogP contribution is 2.30. The number of amides is 1. The Morgan fingerprint density at radius 2 is 1.92 bits per heavy atom. The molecule has 122 valence electrons. The van der Waals surface area contributed by atoms with E-state index < -0.39 is 0 Å². The van der Waals surface area contributed by atoms with Crippen molar-refractivity contribution in [2.45, 2.75) is 26.9 Å². The lowest BCUT2D eigenvalue weighted by Gasteiger charge is -2.28. The van der Waals surface area contributed by atoms with Crippen molar-refractivity contribution < 1.29 is 9.32 Å². The van der Waals surface area contributed by atoms with Crippen LogP contribution in [0.1, 0.15) is 39.2 Å². The van der Waals surface area contributed by atoms with E-state index in [0.29, 0.717) is 5.56 Å². The number of nitrogens with one attached hydrogen (secondary N) is 2. The molecule has 0 spiro atoms. The van der Waals surface area contributed by atoms with E-state index in [9.17, 15) is 4.79 Å². The van der Waals surface area contributed by atoms with Crippen molar-refractivity contribution in [3.8, 4) is 5.82 Å². The van der Waals surface area contributed by atoms with Crippen LogP contribution < -0.4 is 10.6 Å². The molecule has 2 aromatic heterocycles. The van der Waals surface area contributed by atoms with Gasteiger partial charge in [0, 0.05) is 28.7 Å². The number of aryl methyl sites for hydroxylation is 2. The number of carbonyl (C=O) groups excluding carboxylic acids is 1. The van der Waals surface area contributed by atoms with Gasteiger partial charge in [-0.15, -0.1) is 0 Å². The van der Waals surface area contributed by atoms with Crippen LogP contribution in [0.3, 0.4) is 0 Å². The van der Waals surface area contributed by atoms with Crippen LogP contribution in [0.15, 0.2) is 40.9 Å². The maximum absolute atomic E-state index is 12.4. The van der Waals surface area contributed by atoms with Gasteiger partial charge in [0.15, 0.2) is 5.82 Å². The third-order valence-electron chi connectivity index (χ3n) is 4.37. The van der Waals surface area contributed by atoms with Crippen molar-refractivity contribution in [3.05, 3.63) is 64.7 Å². The lowest BCUT2D eigenvalue weighted by molar-refractivity contribution is 0.0935. The zero-order valence-electron chi connectivity index (χ0n) is 13.8. The Morgan fingerprint density at radius 3 is 2.67 bits per heavy atom. The van der Waals surface area contributed by atoms with Crippen molar-refractivity contribution >= 4 is 11.6 Å². The molecule has 24 heavy (non-hydrogen) atoms. The molecule has 1 atom stereocenters. The van der Waals surface area contributed by atoms with Gasteiger partial charge in [-0.2, -0.15) is 0 Å². The number of benzene rings is 1. The van der Waals surface area contributed by atoms with Gasteiger partial charge in [0.2, 0.25) is 0 Å². The summed E-state index contributed by atoms with van der Waals surface area (Å²) in [6, 6.07) is 11.5. The molecule has 1 unspecified atom stereocenters. The first-order valence-corrected chi connectivity index (χ1v) is 7.83. The molecule has 1 aromatic carbocycles. The molecule has 0 radical (unpaired) electrons. The summed E-state index contributed by atoms with van der Waals surface area (Å²) < 4.78 is 7.22. The number of aromatic nitrogens is 2. The molecule has 1 amide bonds. The number of para-hydroxylation sites is 1. The lowest BCUT2D eigenvalue weighted by Crippen LogP contribution is -2.38. The Kier molecular flexibility index (Phi) is 3.19. The second-order valence-electron chi connectivity index (χ2n) is 6.05. The van der Waals surface area contributed by atoms with E-state index in [2.05, 4.69) is 21.9 Å². The summed E-state index contributed by atoms with van der Waals surface area (Å²) in [6.07, 6.45) is -0.277. The number of nitrogens with zero attached hydrogens (tertiary/aromatic N) is 2. The summed E-state index contributed by atoms with van der Waals surface area (Å²) in [5, 5.41) is 10.5. The number of carbonyl (C=O) groups is 1. The van der Waals surface area contributed by atoms with Crippen molar-refractivity contribution in [1.82, 2.24) is 15.0 Å². The van der Waals surface area contributed by atoms with Gasteiger partial charge in [-0.1, -0.05) is 17.3 Å². The Bertz CT molecular complexity index is 938. The van der Waals surface area contributed by atoms with Crippen LogP contribution >= 0.6 is 0 Å². The fourth-order valence-electron chi connectivity index (χ4n) is 3.25. The Morgan fingerprint density at radius 1 is 1.12 bits per heavy atom. The van der Waals surface area contributed by atoms with E-state index in [1.807, 2.05) is 55.7 Å². The topological polar surface area (TPSA) is 72.1 Å². The quantitative estimate of drug-likeness (QED) is 0.760.